The Morgan fingerprint density at radius 1 is 1.08 bits per heavy atom. The Hall–Kier alpha value is -1.06. The second-order valence-corrected chi connectivity index (χ2v) is 2.91. The van der Waals surface area contributed by atoms with Crippen LogP contribution in [0.25, 0.3) is 0 Å². The van der Waals surface area contributed by atoms with Crippen molar-refractivity contribution in [2.24, 2.45) is 0 Å². The fourth-order valence-electron chi connectivity index (χ4n) is 1.14. The number of halogens is 2. The molecule has 2 amide bonds. The first-order valence-electron chi connectivity index (χ1n) is 3.34. The number of fused-ring (bicyclic) bond motifs is 1. The highest BCUT2D eigenvalue weighted by Crippen LogP contribution is 2.19. The smallest absolute Gasteiger partial charge is 0.258 e. The monoisotopic (exact) mass is 217 g/mol. The first-order chi connectivity index (χ1) is 5.68. The molecule has 0 aliphatic carbocycles. The normalized spacial score (nSPS) is 13.3. The van der Waals surface area contributed by atoms with Crippen LogP contribution in [0.2, 0.25) is 5.02 Å². The van der Waals surface area contributed by atoms with E-state index in [9.17, 15) is 9.59 Å². The Kier molecular flexibility index (Phi) is 2.59. The molecule has 0 atom stereocenters. The van der Waals surface area contributed by atoms with E-state index in [-0.39, 0.29) is 24.2 Å². The molecule has 13 heavy (non-hydrogen) atoms. The van der Waals surface area contributed by atoms with Crippen molar-refractivity contribution in [2.45, 2.75) is 0 Å². The van der Waals surface area contributed by atoms with Crippen LogP contribution in [-0.2, 0) is 0 Å². The molecule has 0 spiro atoms. The van der Waals surface area contributed by atoms with Crippen LogP contribution in [0, 0.1) is 0 Å². The third-order valence-corrected chi connectivity index (χ3v) is 1.93. The lowest BCUT2D eigenvalue weighted by Crippen LogP contribution is -2.19. The zero-order valence-corrected chi connectivity index (χ0v) is 7.91. The summed E-state index contributed by atoms with van der Waals surface area (Å²) in [6.07, 6.45) is 0. The number of rotatable bonds is 0. The number of carbonyl (C=O) groups is 2. The second-order valence-electron chi connectivity index (χ2n) is 2.47. The third-order valence-electron chi connectivity index (χ3n) is 1.70. The van der Waals surface area contributed by atoms with Gasteiger partial charge in [-0.05, 0) is 18.2 Å². The quantitative estimate of drug-likeness (QED) is 0.673. The Bertz CT molecular complexity index is 390. The number of imide groups is 1. The van der Waals surface area contributed by atoms with E-state index >= 15 is 0 Å². The number of benzene rings is 1. The molecule has 0 saturated heterocycles. The van der Waals surface area contributed by atoms with Crippen molar-refractivity contribution >= 4 is 35.8 Å². The Labute approximate surface area is 85.5 Å². The van der Waals surface area contributed by atoms with Crippen LogP contribution in [0.15, 0.2) is 18.2 Å². The van der Waals surface area contributed by atoms with Gasteiger partial charge in [0.05, 0.1) is 11.1 Å². The molecular formula is C8H5Cl2NO2. The molecule has 0 bridgehead atoms. The number of amides is 2. The minimum absolute atomic E-state index is 0. The molecule has 0 fully saturated rings. The first-order valence-corrected chi connectivity index (χ1v) is 3.71. The summed E-state index contributed by atoms with van der Waals surface area (Å²) in [5.41, 5.74) is 0.747. The lowest BCUT2D eigenvalue weighted by atomic mass is 10.1. The number of carbonyl (C=O) groups excluding carboxylic acids is 2. The van der Waals surface area contributed by atoms with Gasteiger partial charge in [-0.25, -0.2) is 0 Å². The van der Waals surface area contributed by atoms with Crippen LogP contribution in [-0.4, -0.2) is 11.8 Å². The van der Waals surface area contributed by atoms with Gasteiger partial charge in [0, 0.05) is 5.02 Å². The van der Waals surface area contributed by atoms with Gasteiger partial charge >= 0.3 is 0 Å². The molecule has 1 aromatic rings. The Balaban J connectivity index is 0.000000845. The zero-order valence-electron chi connectivity index (χ0n) is 6.33. The average Bonchev–Trinajstić information content (AvgIpc) is 2.28. The van der Waals surface area contributed by atoms with Crippen LogP contribution >= 0.6 is 24.0 Å². The van der Waals surface area contributed by atoms with Crippen LogP contribution in [0.5, 0.6) is 0 Å². The SMILES string of the molecule is Cl.O=C1NC(=O)c2cc(Cl)ccc21. The Morgan fingerprint density at radius 2 is 1.69 bits per heavy atom. The highest BCUT2D eigenvalue weighted by molar-refractivity contribution is 6.32. The van der Waals surface area contributed by atoms with Gasteiger partial charge < -0.3 is 0 Å². The van der Waals surface area contributed by atoms with Crippen LogP contribution in [0.4, 0.5) is 0 Å². The van der Waals surface area contributed by atoms with Gasteiger partial charge in [0.1, 0.15) is 0 Å². The summed E-state index contributed by atoms with van der Waals surface area (Å²) in [6.45, 7) is 0. The van der Waals surface area contributed by atoms with Crippen molar-refractivity contribution in [3.8, 4) is 0 Å². The number of hydrogen-bond donors (Lipinski definition) is 1. The summed E-state index contributed by atoms with van der Waals surface area (Å²) in [5.74, 6) is -0.732. The van der Waals surface area contributed by atoms with E-state index in [0.29, 0.717) is 16.1 Å². The van der Waals surface area contributed by atoms with Gasteiger partial charge in [0.15, 0.2) is 0 Å². The van der Waals surface area contributed by atoms with E-state index in [4.69, 9.17) is 11.6 Å². The maximum atomic E-state index is 11.0. The molecule has 0 unspecified atom stereocenters. The molecule has 1 aliphatic heterocycles. The van der Waals surface area contributed by atoms with Crippen molar-refractivity contribution in [3.05, 3.63) is 34.3 Å². The molecule has 0 aromatic heterocycles. The maximum absolute atomic E-state index is 11.0. The van der Waals surface area contributed by atoms with E-state index in [0.717, 1.165) is 0 Å². The van der Waals surface area contributed by atoms with E-state index in [1.54, 1.807) is 6.07 Å². The number of nitrogens with one attached hydrogen (secondary N) is 1. The fraction of sp³-hybridized carbons (Fsp3) is 0. The Morgan fingerprint density at radius 3 is 2.38 bits per heavy atom. The summed E-state index contributed by atoms with van der Waals surface area (Å²) >= 11 is 5.65. The van der Waals surface area contributed by atoms with Gasteiger partial charge in [-0.15, -0.1) is 12.4 Å². The van der Waals surface area contributed by atoms with Gasteiger partial charge in [0.25, 0.3) is 11.8 Å². The predicted molar refractivity (Wildman–Crippen MR) is 50.5 cm³/mol. The second kappa shape index (κ2) is 3.36. The molecular weight excluding hydrogens is 213 g/mol. The van der Waals surface area contributed by atoms with Crippen molar-refractivity contribution < 1.29 is 9.59 Å². The highest BCUT2D eigenvalue weighted by Gasteiger charge is 2.26. The van der Waals surface area contributed by atoms with Crippen molar-refractivity contribution in [1.82, 2.24) is 5.32 Å². The molecule has 0 saturated carbocycles. The van der Waals surface area contributed by atoms with Crippen molar-refractivity contribution in [2.75, 3.05) is 0 Å². The minimum atomic E-state index is -0.377. The highest BCUT2D eigenvalue weighted by atomic mass is 35.5. The van der Waals surface area contributed by atoms with Gasteiger partial charge in [-0.3, -0.25) is 14.9 Å². The molecule has 0 radical (unpaired) electrons. The van der Waals surface area contributed by atoms with Crippen LogP contribution < -0.4 is 5.32 Å². The van der Waals surface area contributed by atoms with Crippen LogP contribution in [0.3, 0.4) is 0 Å². The largest absolute Gasteiger partial charge is 0.288 e. The fourth-order valence-corrected chi connectivity index (χ4v) is 1.31. The summed E-state index contributed by atoms with van der Waals surface area (Å²) in [5, 5.41) is 2.63. The number of hydrogen-bond acceptors (Lipinski definition) is 2. The molecule has 1 N–H and O–H groups in total. The standard InChI is InChI=1S/C8H4ClNO2.ClH/c9-4-1-2-5-6(3-4)8(12)10-7(5)11;/h1-3H,(H,10,11,12);1H. The summed E-state index contributed by atoms with van der Waals surface area (Å²) in [6, 6.07) is 4.60. The molecule has 68 valence electrons. The van der Waals surface area contributed by atoms with E-state index in [2.05, 4.69) is 5.32 Å². The maximum Gasteiger partial charge on any atom is 0.258 e. The van der Waals surface area contributed by atoms with E-state index in [1.165, 1.54) is 12.1 Å². The third kappa shape index (κ3) is 1.53. The summed E-state index contributed by atoms with van der Waals surface area (Å²) in [4.78, 5) is 22.0. The van der Waals surface area contributed by atoms with Gasteiger partial charge in [-0.2, -0.15) is 0 Å². The van der Waals surface area contributed by atoms with E-state index in [1.807, 2.05) is 0 Å². The molecule has 5 heteroatoms. The lowest BCUT2D eigenvalue weighted by Gasteiger charge is -1.92. The van der Waals surface area contributed by atoms with E-state index < -0.39 is 0 Å². The molecule has 1 heterocycles. The van der Waals surface area contributed by atoms with Gasteiger partial charge in [-0.1, -0.05) is 11.6 Å². The first kappa shape index (κ1) is 10.0. The lowest BCUT2D eigenvalue weighted by molar-refractivity contribution is 0.0879. The molecule has 1 aliphatic rings. The zero-order chi connectivity index (χ0) is 8.72. The molecule has 1 aromatic carbocycles. The molecule has 3 nitrogen and oxygen atoms in total. The predicted octanol–water partition coefficient (Wildman–Crippen LogP) is 1.65. The van der Waals surface area contributed by atoms with Crippen molar-refractivity contribution in [3.63, 3.8) is 0 Å². The topological polar surface area (TPSA) is 46.2 Å². The van der Waals surface area contributed by atoms with Crippen molar-refractivity contribution in [1.29, 1.82) is 0 Å². The van der Waals surface area contributed by atoms with Crippen LogP contribution in [0.1, 0.15) is 20.7 Å². The summed E-state index contributed by atoms with van der Waals surface area (Å²) in [7, 11) is 0. The minimum Gasteiger partial charge on any atom is -0.288 e. The molecule has 2 rings (SSSR count). The summed E-state index contributed by atoms with van der Waals surface area (Å²) < 4.78 is 0. The van der Waals surface area contributed by atoms with Gasteiger partial charge in [0.2, 0.25) is 0 Å². The average molecular weight is 218 g/mol.